The molecule has 5 nitrogen and oxygen atoms in total. The minimum absolute atomic E-state index is 0.642. The maximum Gasteiger partial charge on any atom is 0.164 e. The zero-order valence-electron chi connectivity index (χ0n) is 30.5. The normalized spacial score (nSPS) is 11.8. The van der Waals surface area contributed by atoms with Crippen LogP contribution in [0.2, 0.25) is 0 Å². The molecule has 0 atom stereocenters. The van der Waals surface area contributed by atoms with E-state index in [1.807, 2.05) is 72.8 Å². The Bertz CT molecular complexity index is 3510. The van der Waals surface area contributed by atoms with Crippen LogP contribution in [0, 0.1) is 11.3 Å². The Morgan fingerprint density at radius 1 is 0.368 bits per heavy atom. The van der Waals surface area contributed by atoms with Crippen molar-refractivity contribution in [2.75, 3.05) is 0 Å². The van der Waals surface area contributed by atoms with Crippen LogP contribution in [0.4, 0.5) is 0 Å². The predicted molar refractivity (Wildman–Crippen MR) is 233 cm³/mol. The lowest BCUT2D eigenvalue weighted by Crippen LogP contribution is -2.00. The van der Waals surface area contributed by atoms with E-state index in [1.54, 1.807) is 0 Å². The van der Waals surface area contributed by atoms with Crippen LogP contribution in [-0.4, -0.2) is 19.5 Å². The molecule has 12 rings (SSSR count). The lowest BCUT2D eigenvalue weighted by molar-refractivity contribution is 1.08. The van der Waals surface area contributed by atoms with Crippen LogP contribution in [0.5, 0.6) is 0 Å². The molecule has 0 saturated carbocycles. The average Bonchev–Trinajstić information content (AvgIpc) is 3.63. The summed E-state index contributed by atoms with van der Waals surface area (Å²) in [7, 11) is 0. The topological polar surface area (TPSA) is 67.4 Å². The first-order valence-corrected chi connectivity index (χ1v) is 19.1. The Hall–Kier alpha value is -7.94. The maximum atomic E-state index is 10.1. The van der Waals surface area contributed by atoms with Crippen molar-refractivity contribution in [3.63, 3.8) is 0 Å². The Labute approximate surface area is 327 Å². The van der Waals surface area contributed by atoms with Crippen molar-refractivity contribution in [1.82, 2.24) is 19.5 Å². The summed E-state index contributed by atoms with van der Waals surface area (Å²) in [5.41, 5.74) is 9.18. The fourth-order valence-corrected chi connectivity index (χ4v) is 9.10. The van der Waals surface area contributed by atoms with Gasteiger partial charge in [-0.25, -0.2) is 15.0 Å². The highest BCUT2D eigenvalue weighted by Gasteiger charge is 2.23. The van der Waals surface area contributed by atoms with Crippen LogP contribution in [0.3, 0.4) is 0 Å². The zero-order valence-corrected chi connectivity index (χ0v) is 30.5. The van der Waals surface area contributed by atoms with Crippen LogP contribution < -0.4 is 0 Å². The SMILES string of the molecule is N#Cc1ccc2c3c1ccc1c(-c4ccc5ccc6c(-c7nc(-c8ccccc8)nc(-c8ccccc8)n7)ccc7ccc4c5c76)ccc(c13)n2-c1ccccc1. The van der Waals surface area contributed by atoms with Gasteiger partial charge in [-0.15, -0.1) is 0 Å². The monoisotopic (exact) mass is 723 g/mol. The molecular formula is C52H29N5. The number of benzene rings is 10. The summed E-state index contributed by atoms with van der Waals surface area (Å²) in [6, 6.07) is 63.9. The lowest BCUT2D eigenvalue weighted by atomic mass is 9.86. The van der Waals surface area contributed by atoms with Crippen LogP contribution in [-0.2, 0) is 0 Å². The summed E-state index contributed by atoms with van der Waals surface area (Å²) >= 11 is 0. The quantitative estimate of drug-likeness (QED) is 0.166. The average molecular weight is 724 g/mol. The molecular weight excluding hydrogens is 695 g/mol. The van der Waals surface area contributed by atoms with Gasteiger partial charge >= 0.3 is 0 Å². The first kappa shape index (κ1) is 31.4. The van der Waals surface area contributed by atoms with Gasteiger partial charge in [0, 0.05) is 38.5 Å². The summed E-state index contributed by atoms with van der Waals surface area (Å²) in [6.07, 6.45) is 0. The summed E-state index contributed by atoms with van der Waals surface area (Å²) in [5, 5.41) is 21.6. The molecule has 2 aromatic heterocycles. The molecule has 2 heterocycles. The van der Waals surface area contributed by atoms with E-state index in [9.17, 15) is 5.26 Å². The Kier molecular flexibility index (Phi) is 6.63. The molecule has 0 radical (unpaired) electrons. The maximum absolute atomic E-state index is 10.1. The molecule has 12 aromatic rings. The first-order chi connectivity index (χ1) is 28.2. The summed E-state index contributed by atoms with van der Waals surface area (Å²) < 4.78 is 2.33. The third-order valence-electron chi connectivity index (χ3n) is 11.6. The number of hydrogen-bond donors (Lipinski definition) is 0. The molecule has 0 bridgehead atoms. The van der Waals surface area contributed by atoms with Gasteiger partial charge in [0.1, 0.15) is 0 Å². The number of para-hydroxylation sites is 1. The zero-order chi connectivity index (χ0) is 37.6. The summed E-state index contributed by atoms with van der Waals surface area (Å²) in [6.45, 7) is 0. The molecule has 0 fully saturated rings. The van der Waals surface area contributed by atoms with Gasteiger partial charge in [0.15, 0.2) is 17.5 Å². The first-order valence-electron chi connectivity index (χ1n) is 19.1. The minimum atomic E-state index is 0.642. The number of rotatable bonds is 5. The van der Waals surface area contributed by atoms with Crippen molar-refractivity contribution >= 4 is 64.9 Å². The van der Waals surface area contributed by atoms with Crippen molar-refractivity contribution in [2.45, 2.75) is 0 Å². The van der Waals surface area contributed by atoms with E-state index < -0.39 is 0 Å². The van der Waals surface area contributed by atoms with Gasteiger partial charge in [0.25, 0.3) is 0 Å². The molecule has 10 aromatic carbocycles. The largest absolute Gasteiger partial charge is 0.309 e. The fourth-order valence-electron chi connectivity index (χ4n) is 9.10. The number of hydrogen-bond acceptors (Lipinski definition) is 4. The highest BCUT2D eigenvalue weighted by Crippen LogP contribution is 2.47. The molecule has 0 spiro atoms. The molecule has 5 heteroatoms. The highest BCUT2D eigenvalue weighted by atomic mass is 15.0. The summed E-state index contributed by atoms with van der Waals surface area (Å²) in [5.74, 6) is 1.93. The van der Waals surface area contributed by atoms with Crippen LogP contribution >= 0.6 is 0 Å². The lowest BCUT2D eigenvalue weighted by Gasteiger charge is -2.17. The van der Waals surface area contributed by atoms with Crippen molar-refractivity contribution < 1.29 is 0 Å². The Morgan fingerprint density at radius 3 is 1.42 bits per heavy atom. The molecule has 0 saturated heterocycles. The molecule has 0 aliphatic rings. The smallest absolute Gasteiger partial charge is 0.164 e. The van der Waals surface area contributed by atoms with Gasteiger partial charge in [-0.05, 0) is 85.2 Å². The van der Waals surface area contributed by atoms with Gasteiger partial charge in [-0.2, -0.15) is 5.26 Å². The Morgan fingerprint density at radius 2 is 0.807 bits per heavy atom. The van der Waals surface area contributed by atoms with E-state index in [1.165, 1.54) is 37.9 Å². The highest BCUT2D eigenvalue weighted by molar-refractivity contribution is 6.31. The number of nitrogens with zero attached hydrogens (tertiary/aromatic N) is 5. The third kappa shape index (κ3) is 4.59. The van der Waals surface area contributed by atoms with Crippen LogP contribution in [0.1, 0.15) is 5.56 Å². The second kappa shape index (κ2) is 12.0. The second-order valence-electron chi connectivity index (χ2n) is 14.6. The minimum Gasteiger partial charge on any atom is -0.309 e. The second-order valence-corrected chi connectivity index (χ2v) is 14.6. The van der Waals surface area contributed by atoms with E-state index in [2.05, 4.69) is 114 Å². The van der Waals surface area contributed by atoms with Crippen molar-refractivity contribution in [1.29, 1.82) is 5.26 Å². The van der Waals surface area contributed by atoms with Gasteiger partial charge in [-0.3, -0.25) is 0 Å². The molecule has 262 valence electrons. The molecule has 0 aliphatic carbocycles. The fraction of sp³-hybridized carbons (Fsp3) is 0. The number of aromatic nitrogens is 4. The molecule has 0 amide bonds. The van der Waals surface area contributed by atoms with E-state index in [4.69, 9.17) is 15.0 Å². The van der Waals surface area contributed by atoms with Gasteiger partial charge < -0.3 is 4.57 Å². The predicted octanol–water partition coefficient (Wildman–Crippen LogP) is 13.0. The third-order valence-corrected chi connectivity index (χ3v) is 11.6. The number of nitriles is 1. The van der Waals surface area contributed by atoms with E-state index in [-0.39, 0.29) is 0 Å². The molecule has 0 aliphatic heterocycles. The van der Waals surface area contributed by atoms with Gasteiger partial charge in [0.05, 0.1) is 22.7 Å². The molecule has 0 unspecified atom stereocenters. The molecule has 57 heavy (non-hydrogen) atoms. The van der Waals surface area contributed by atoms with E-state index in [0.29, 0.717) is 23.0 Å². The standard InChI is InChI=1S/C52H29N5/c53-30-35-20-28-44-48-37(35)25-26-41-39(27-29-45(49(41)48)57(44)36-14-8-3-9-15-36)38-21-16-31-18-23-42-43(24-19-32-17-22-40(38)46(31)47(32)42)52-55-50(33-10-4-1-5-11-33)54-51(56-52)34-12-6-2-7-13-34/h1-29H. The van der Waals surface area contributed by atoms with Crippen molar-refractivity contribution in [3.8, 4) is 57.0 Å². The Balaban J connectivity index is 1.11. The molecule has 0 N–H and O–H groups in total. The summed E-state index contributed by atoms with van der Waals surface area (Å²) in [4.78, 5) is 15.2. The van der Waals surface area contributed by atoms with Gasteiger partial charge in [-0.1, -0.05) is 140 Å². The van der Waals surface area contributed by atoms with E-state index >= 15 is 0 Å². The van der Waals surface area contributed by atoms with Crippen molar-refractivity contribution in [3.05, 3.63) is 181 Å². The van der Waals surface area contributed by atoms with Crippen LogP contribution in [0.15, 0.2) is 176 Å². The van der Waals surface area contributed by atoms with E-state index in [0.717, 1.165) is 60.5 Å². The van der Waals surface area contributed by atoms with Crippen LogP contribution in [0.25, 0.3) is 116 Å². The van der Waals surface area contributed by atoms with Crippen molar-refractivity contribution in [2.24, 2.45) is 0 Å². The van der Waals surface area contributed by atoms with Gasteiger partial charge in [0.2, 0.25) is 0 Å².